The molecule has 0 spiro atoms. The molecular weight excluding hydrogens is 436 g/mol. The van der Waals surface area contributed by atoms with Crippen LogP contribution in [0.5, 0.6) is 0 Å². The van der Waals surface area contributed by atoms with Gasteiger partial charge in [0, 0.05) is 13.0 Å². The summed E-state index contributed by atoms with van der Waals surface area (Å²) in [7, 11) is 0. The highest BCUT2D eigenvalue weighted by Crippen LogP contribution is 2.71. The van der Waals surface area contributed by atoms with Crippen molar-refractivity contribution in [3.63, 3.8) is 0 Å². The second-order valence-corrected chi connectivity index (χ2v) is 13.4. The van der Waals surface area contributed by atoms with Gasteiger partial charge >= 0.3 is 5.97 Å². The van der Waals surface area contributed by atoms with E-state index in [-0.39, 0.29) is 16.2 Å². The van der Waals surface area contributed by atoms with E-state index in [1.54, 1.807) is 0 Å². The van der Waals surface area contributed by atoms with Crippen molar-refractivity contribution in [1.29, 1.82) is 0 Å². The summed E-state index contributed by atoms with van der Waals surface area (Å²) in [6.07, 6.45) is 19.3. The molecule has 0 aromatic rings. The number of carboxylic acid groups (broad SMARTS) is 1. The lowest BCUT2D eigenvalue weighted by molar-refractivity contribution is -0.145. The van der Waals surface area contributed by atoms with Gasteiger partial charge in [0.2, 0.25) is 0 Å². The Hall–Kier alpha value is -1.16. The van der Waals surface area contributed by atoms with Crippen LogP contribution in [0.4, 0.5) is 0 Å². The Morgan fingerprint density at radius 1 is 0.943 bits per heavy atom. The molecule has 35 heavy (non-hydrogen) atoms. The molecule has 4 rings (SSSR count). The molecule has 0 heterocycles. The molecule has 0 aliphatic heterocycles. The van der Waals surface area contributed by atoms with Gasteiger partial charge in [0.05, 0.1) is 6.42 Å². The minimum atomic E-state index is -0.640. The van der Waals surface area contributed by atoms with Crippen LogP contribution in [0.2, 0.25) is 0 Å². The maximum absolute atomic E-state index is 12.4. The predicted molar refractivity (Wildman–Crippen MR) is 140 cm³/mol. The molecule has 0 bridgehead atoms. The van der Waals surface area contributed by atoms with Gasteiger partial charge in [-0.05, 0) is 97.4 Å². The lowest BCUT2D eigenvalue weighted by atomic mass is 9.43. The third-order valence-corrected chi connectivity index (χ3v) is 11.7. The second-order valence-electron chi connectivity index (χ2n) is 13.4. The van der Waals surface area contributed by atoms with Crippen LogP contribution in [0.15, 0.2) is 11.6 Å². The van der Waals surface area contributed by atoms with Gasteiger partial charge in [-0.15, -0.1) is 0 Å². The minimum Gasteiger partial charge on any atom is -0.481 e. The van der Waals surface area contributed by atoms with Gasteiger partial charge in [0.25, 0.3) is 0 Å². The minimum absolute atomic E-state index is 0.104. The van der Waals surface area contributed by atoms with E-state index in [1.807, 2.05) is 6.08 Å². The molecule has 3 fully saturated rings. The van der Waals surface area contributed by atoms with Crippen molar-refractivity contribution in [1.82, 2.24) is 0 Å². The van der Waals surface area contributed by atoms with Crippen molar-refractivity contribution < 1.29 is 19.8 Å². The van der Waals surface area contributed by atoms with Crippen LogP contribution in [-0.4, -0.2) is 28.6 Å². The summed E-state index contributed by atoms with van der Waals surface area (Å²) in [5, 5.41) is 18.7. The molecule has 3 saturated carbocycles. The summed E-state index contributed by atoms with van der Waals surface area (Å²) >= 11 is 0. The van der Waals surface area contributed by atoms with E-state index in [4.69, 9.17) is 5.11 Å². The van der Waals surface area contributed by atoms with Gasteiger partial charge in [-0.2, -0.15) is 0 Å². The van der Waals surface area contributed by atoms with Gasteiger partial charge in [-0.1, -0.05) is 64.9 Å². The monoisotopic (exact) mass is 486 g/mol. The largest absolute Gasteiger partial charge is 0.481 e. The molecule has 4 nitrogen and oxygen atoms in total. The number of unbranched alkanes of at least 4 members (excludes halogenated alkanes) is 6. The highest BCUT2D eigenvalue weighted by Gasteiger charge is 2.64. The summed E-state index contributed by atoms with van der Waals surface area (Å²) in [6, 6.07) is 0. The fourth-order valence-electron chi connectivity index (χ4n) is 9.39. The Morgan fingerprint density at radius 2 is 1.60 bits per heavy atom. The van der Waals surface area contributed by atoms with Crippen molar-refractivity contribution >= 4 is 11.8 Å². The van der Waals surface area contributed by atoms with Crippen LogP contribution in [-0.2, 0) is 9.59 Å². The average Bonchev–Trinajstić information content (AvgIpc) is 3.06. The first-order valence-electron chi connectivity index (χ1n) is 14.7. The lowest BCUT2D eigenvalue weighted by Crippen LogP contribution is -2.55. The van der Waals surface area contributed by atoms with E-state index in [9.17, 15) is 14.7 Å². The first kappa shape index (κ1) is 26.9. The van der Waals surface area contributed by atoms with Gasteiger partial charge in [0.1, 0.15) is 0 Å². The number of allylic oxidation sites excluding steroid dienone is 1. The Balaban J connectivity index is 1.51. The second kappa shape index (κ2) is 10.7. The topological polar surface area (TPSA) is 74.6 Å². The summed E-state index contributed by atoms with van der Waals surface area (Å²) in [5.41, 5.74) is 1.61. The van der Waals surface area contributed by atoms with Gasteiger partial charge in [-0.25, -0.2) is 0 Å². The van der Waals surface area contributed by atoms with Crippen LogP contribution >= 0.6 is 0 Å². The first-order valence-corrected chi connectivity index (χ1v) is 14.7. The van der Waals surface area contributed by atoms with E-state index < -0.39 is 5.97 Å². The van der Waals surface area contributed by atoms with Crippen molar-refractivity contribution in [2.75, 3.05) is 6.61 Å². The fraction of sp³-hybridized carbons (Fsp3) is 0.871. The smallest absolute Gasteiger partial charge is 0.303 e. The number of aliphatic carboxylic acids is 1. The van der Waals surface area contributed by atoms with Gasteiger partial charge < -0.3 is 10.2 Å². The van der Waals surface area contributed by atoms with E-state index in [0.29, 0.717) is 48.9 Å². The summed E-state index contributed by atoms with van der Waals surface area (Å²) in [4.78, 5) is 24.2. The number of ketones is 1. The highest BCUT2D eigenvalue weighted by molar-refractivity contribution is 5.91. The number of carbonyl (C=O) groups is 2. The maximum atomic E-state index is 12.4. The van der Waals surface area contributed by atoms with Crippen LogP contribution in [0.25, 0.3) is 0 Å². The zero-order valence-electron chi connectivity index (χ0n) is 22.6. The summed E-state index contributed by atoms with van der Waals surface area (Å²) in [5.74, 6) is 2.25. The summed E-state index contributed by atoms with van der Waals surface area (Å²) in [6.45, 7) is 7.47. The Kier molecular flexibility index (Phi) is 8.20. The molecule has 2 N–H and O–H groups in total. The number of fused-ring (bicyclic) bond motifs is 5. The van der Waals surface area contributed by atoms with E-state index in [2.05, 4.69) is 20.8 Å². The van der Waals surface area contributed by atoms with Gasteiger partial charge in [0.15, 0.2) is 5.78 Å². The molecule has 3 unspecified atom stereocenters. The number of carboxylic acids is 1. The van der Waals surface area contributed by atoms with Crippen molar-refractivity contribution in [3.05, 3.63) is 11.6 Å². The van der Waals surface area contributed by atoms with Crippen LogP contribution in [0, 0.1) is 39.9 Å². The van der Waals surface area contributed by atoms with Crippen molar-refractivity contribution in [2.45, 2.75) is 124 Å². The number of rotatable bonds is 11. The third-order valence-electron chi connectivity index (χ3n) is 11.7. The number of aliphatic hydroxyl groups is 1. The number of hydrogen-bond acceptors (Lipinski definition) is 3. The average molecular weight is 487 g/mol. The molecule has 198 valence electrons. The zero-order chi connectivity index (χ0) is 25.3. The molecule has 0 amide bonds. The zero-order valence-corrected chi connectivity index (χ0v) is 22.6. The van der Waals surface area contributed by atoms with E-state index in [1.165, 1.54) is 56.9 Å². The maximum Gasteiger partial charge on any atom is 0.303 e. The molecule has 0 aromatic heterocycles. The Labute approximate surface area is 213 Å². The first-order chi connectivity index (χ1) is 16.6. The number of aliphatic hydroxyl groups excluding tert-OH is 1. The number of hydrogen-bond donors (Lipinski definition) is 2. The SMILES string of the molecule is C[C@]1(CC(=O)O)CCC2C3C(CC[C@@]21C)[C@@]1(C)CCC(=O)C=C1C[C@H]3CCCCCCCCCO. The molecule has 4 aliphatic rings. The Morgan fingerprint density at radius 3 is 2.29 bits per heavy atom. The molecule has 0 radical (unpaired) electrons. The molecule has 4 aliphatic carbocycles. The van der Waals surface area contributed by atoms with Crippen molar-refractivity contribution in [2.24, 2.45) is 39.9 Å². The van der Waals surface area contributed by atoms with Crippen molar-refractivity contribution in [3.8, 4) is 0 Å². The Bertz CT molecular complexity index is 817. The third kappa shape index (κ3) is 5.03. The van der Waals surface area contributed by atoms with Gasteiger partial charge in [-0.3, -0.25) is 9.59 Å². The van der Waals surface area contributed by atoms with Crippen LogP contribution in [0.1, 0.15) is 124 Å². The molecule has 0 saturated heterocycles. The molecular formula is C31H50O4. The molecule has 4 heteroatoms. The van der Waals surface area contributed by atoms with E-state index in [0.717, 1.165) is 38.5 Å². The lowest BCUT2D eigenvalue weighted by Gasteiger charge is -2.62. The molecule has 7 atom stereocenters. The van der Waals surface area contributed by atoms with E-state index >= 15 is 0 Å². The predicted octanol–water partition coefficient (Wildman–Crippen LogP) is 7.34. The molecule has 0 aromatic carbocycles. The van der Waals surface area contributed by atoms with Crippen LogP contribution in [0.3, 0.4) is 0 Å². The fourth-order valence-corrected chi connectivity index (χ4v) is 9.39. The summed E-state index contributed by atoms with van der Waals surface area (Å²) < 4.78 is 0. The normalized spacial score (nSPS) is 40.6. The standard InChI is InChI=1S/C31H50O4/c1-29(21-27(34)35)15-13-26-28-22(11-9-7-5-4-6-8-10-18-32)19-23-20-24(33)12-16-30(23,2)25(28)14-17-31(26,29)3/h20,22,25-26,28,32H,4-19,21H2,1-3H3,(H,34,35)/t22-,25?,26?,28?,29-,30+,31+/m1/s1. The van der Waals surface area contributed by atoms with Crippen LogP contribution < -0.4 is 0 Å². The number of carbonyl (C=O) groups excluding carboxylic acids is 1. The highest BCUT2D eigenvalue weighted by atomic mass is 16.4. The quantitative estimate of drug-likeness (QED) is 0.300.